The predicted octanol–water partition coefficient (Wildman–Crippen LogP) is 1.28. The molecule has 0 aliphatic carbocycles. The molecule has 1 aromatic rings. The SMILES string of the molecule is CC(C)(C)N1CCN(C(=O)c2csc(N)n2)CC1. The monoisotopic (exact) mass is 268 g/mol. The molecule has 0 spiro atoms. The number of nitrogens with zero attached hydrogens (tertiary/aromatic N) is 3. The summed E-state index contributed by atoms with van der Waals surface area (Å²) in [5, 5.41) is 2.18. The van der Waals surface area contributed by atoms with Crippen LogP contribution in [0.2, 0.25) is 0 Å². The second-order valence-corrected chi connectivity index (χ2v) is 6.41. The molecule has 0 aromatic carbocycles. The topological polar surface area (TPSA) is 62.5 Å². The van der Waals surface area contributed by atoms with Gasteiger partial charge in [-0.1, -0.05) is 0 Å². The Morgan fingerprint density at radius 2 is 1.94 bits per heavy atom. The first-order chi connectivity index (χ1) is 8.38. The van der Waals surface area contributed by atoms with Gasteiger partial charge in [-0.2, -0.15) is 0 Å². The Hall–Kier alpha value is -1.14. The van der Waals surface area contributed by atoms with Crippen molar-refractivity contribution in [3.63, 3.8) is 0 Å². The molecular formula is C12H20N4OS. The van der Waals surface area contributed by atoms with Crippen LogP contribution in [-0.2, 0) is 0 Å². The molecule has 1 amide bonds. The van der Waals surface area contributed by atoms with E-state index in [0.29, 0.717) is 10.8 Å². The van der Waals surface area contributed by atoms with Crippen molar-refractivity contribution in [2.45, 2.75) is 26.3 Å². The van der Waals surface area contributed by atoms with E-state index in [0.717, 1.165) is 26.2 Å². The lowest BCUT2D eigenvalue weighted by atomic mass is 10.0. The molecule has 1 aromatic heterocycles. The molecular weight excluding hydrogens is 248 g/mol. The Morgan fingerprint density at radius 3 is 2.39 bits per heavy atom. The maximum absolute atomic E-state index is 12.2. The molecule has 0 atom stereocenters. The van der Waals surface area contributed by atoms with Crippen molar-refractivity contribution in [1.82, 2.24) is 14.8 Å². The Balaban J connectivity index is 1.96. The molecule has 0 radical (unpaired) electrons. The van der Waals surface area contributed by atoms with E-state index in [1.165, 1.54) is 11.3 Å². The average Bonchev–Trinajstić information content (AvgIpc) is 2.74. The third-order valence-electron chi connectivity index (χ3n) is 3.26. The highest BCUT2D eigenvalue weighted by Gasteiger charge is 2.28. The van der Waals surface area contributed by atoms with Gasteiger partial charge >= 0.3 is 0 Å². The van der Waals surface area contributed by atoms with E-state index in [2.05, 4.69) is 30.7 Å². The van der Waals surface area contributed by atoms with Crippen molar-refractivity contribution in [1.29, 1.82) is 0 Å². The van der Waals surface area contributed by atoms with Crippen LogP contribution in [0.4, 0.5) is 5.13 Å². The number of piperazine rings is 1. The van der Waals surface area contributed by atoms with Crippen LogP contribution in [0.5, 0.6) is 0 Å². The van der Waals surface area contributed by atoms with Crippen molar-refractivity contribution >= 4 is 22.4 Å². The molecule has 18 heavy (non-hydrogen) atoms. The van der Waals surface area contributed by atoms with Crippen molar-refractivity contribution in [2.24, 2.45) is 0 Å². The highest BCUT2D eigenvalue weighted by Crippen LogP contribution is 2.18. The Morgan fingerprint density at radius 1 is 1.33 bits per heavy atom. The quantitative estimate of drug-likeness (QED) is 0.833. The molecule has 1 saturated heterocycles. The summed E-state index contributed by atoms with van der Waals surface area (Å²) in [5.74, 6) is -0.00323. The van der Waals surface area contributed by atoms with Crippen LogP contribution in [0.25, 0.3) is 0 Å². The number of anilines is 1. The second kappa shape index (κ2) is 4.85. The maximum Gasteiger partial charge on any atom is 0.273 e. The minimum Gasteiger partial charge on any atom is -0.375 e. The van der Waals surface area contributed by atoms with E-state index in [4.69, 9.17) is 5.73 Å². The first-order valence-corrected chi connectivity index (χ1v) is 7.01. The lowest BCUT2D eigenvalue weighted by Crippen LogP contribution is -2.54. The van der Waals surface area contributed by atoms with Gasteiger partial charge in [0.05, 0.1) is 0 Å². The molecule has 6 heteroatoms. The summed E-state index contributed by atoms with van der Waals surface area (Å²) in [6, 6.07) is 0. The van der Waals surface area contributed by atoms with Gasteiger partial charge in [-0.25, -0.2) is 4.98 Å². The van der Waals surface area contributed by atoms with Crippen LogP contribution < -0.4 is 5.73 Å². The minimum atomic E-state index is -0.00323. The molecule has 100 valence electrons. The third kappa shape index (κ3) is 2.81. The van der Waals surface area contributed by atoms with Gasteiger partial charge in [-0.05, 0) is 20.8 Å². The van der Waals surface area contributed by atoms with E-state index in [-0.39, 0.29) is 11.4 Å². The minimum absolute atomic E-state index is 0.00323. The van der Waals surface area contributed by atoms with E-state index >= 15 is 0 Å². The number of thiazole rings is 1. The Labute approximate surface area is 112 Å². The predicted molar refractivity (Wildman–Crippen MR) is 73.8 cm³/mol. The average molecular weight is 268 g/mol. The number of amides is 1. The number of carbonyl (C=O) groups excluding carboxylic acids is 1. The van der Waals surface area contributed by atoms with Gasteiger partial charge < -0.3 is 10.6 Å². The summed E-state index contributed by atoms with van der Waals surface area (Å²) in [6.07, 6.45) is 0. The van der Waals surface area contributed by atoms with Crippen molar-refractivity contribution in [3.05, 3.63) is 11.1 Å². The summed E-state index contributed by atoms with van der Waals surface area (Å²) in [6.45, 7) is 9.94. The van der Waals surface area contributed by atoms with Crippen molar-refractivity contribution in [2.75, 3.05) is 31.9 Å². The first kappa shape index (κ1) is 13.3. The fraction of sp³-hybridized carbons (Fsp3) is 0.667. The Bertz CT molecular complexity index is 430. The molecule has 1 aliphatic heterocycles. The molecule has 2 N–H and O–H groups in total. The van der Waals surface area contributed by atoms with Crippen LogP contribution in [0.3, 0.4) is 0 Å². The summed E-state index contributed by atoms with van der Waals surface area (Å²) < 4.78 is 0. The molecule has 0 saturated carbocycles. The summed E-state index contributed by atoms with van der Waals surface area (Å²) >= 11 is 1.31. The Kier molecular flexibility index (Phi) is 3.59. The summed E-state index contributed by atoms with van der Waals surface area (Å²) in [7, 11) is 0. The van der Waals surface area contributed by atoms with Gasteiger partial charge in [-0.15, -0.1) is 11.3 Å². The molecule has 2 heterocycles. The highest BCUT2D eigenvalue weighted by molar-refractivity contribution is 7.13. The second-order valence-electron chi connectivity index (χ2n) is 5.52. The number of hydrogen-bond donors (Lipinski definition) is 1. The normalized spacial score (nSPS) is 18.1. The zero-order valence-corrected chi connectivity index (χ0v) is 12.0. The van der Waals surface area contributed by atoms with E-state index < -0.39 is 0 Å². The fourth-order valence-corrected chi connectivity index (χ4v) is 2.67. The molecule has 2 rings (SSSR count). The number of rotatable bonds is 1. The molecule has 5 nitrogen and oxygen atoms in total. The standard InChI is InChI=1S/C12H20N4OS/c1-12(2,3)16-6-4-15(5-7-16)10(17)9-8-18-11(13)14-9/h8H,4-7H2,1-3H3,(H2,13,14). The van der Waals surface area contributed by atoms with Crippen LogP contribution in [0.1, 0.15) is 31.3 Å². The van der Waals surface area contributed by atoms with Crippen LogP contribution in [0.15, 0.2) is 5.38 Å². The summed E-state index contributed by atoms with van der Waals surface area (Å²) in [4.78, 5) is 20.5. The molecule has 1 fully saturated rings. The van der Waals surface area contributed by atoms with Crippen LogP contribution in [0, 0.1) is 0 Å². The zero-order chi connectivity index (χ0) is 13.3. The van der Waals surface area contributed by atoms with Gasteiger partial charge in [0.1, 0.15) is 5.69 Å². The smallest absolute Gasteiger partial charge is 0.273 e. The summed E-state index contributed by atoms with van der Waals surface area (Å²) in [5.41, 5.74) is 6.19. The van der Waals surface area contributed by atoms with Gasteiger partial charge in [0.2, 0.25) is 0 Å². The van der Waals surface area contributed by atoms with E-state index in [1.807, 2.05) is 4.90 Å². The van der Waals surface area contributed by atoms with E-state index in [9.17, 15) is 4.79 Å². The third-order valence-corrected chi connectivity index (χ3v) is 3.93. The lowest BCUT2D eigenvalue weighted by molar-refractivity contribution is 0.0447. The van der Waals surface area contributed by atoms with Crippen molar-refractivity contribution in [3.8, 4) is 0 Å². The van der Waals surface area contributed by atoms with Crippen LogP contribution in [-0.4, -0.2) is 52.4 Å². The molecule has 0 bridgehead atoms. The lowest BCUT2D eigenvalue weighted by Gasteiger charge is -2.42. The van der Waals surface area contributed by atoms with E-state index in [1.54, 1.807) is 5.38 Å². The first-order valence-electron chi connectivity index (χ1n) is 6.13. The number of nitrogen functional groups attached to an aromatic ring is 1. The van der Waals surface area contributed by atoms with Gasteiger partial charge in [0.15, 0.2) is 5.13 Å². The van der Waals surface area contributed by atoms with Gasteiger partial charge in [-0.3, -0.25) is 9.69 Å². The highest BCUT2D eigenvalue weighted by atomic mass is 32.1. The van der Waals surface area contributed by atoms with Gasteiger partial charge in [0, 0.05) is 37.1 Å². The zero-order valence-electron chi connectivity index (χ0n) is 11.1. The fourth-order valence-electron chi connectivity index (χ4n) is 2.13. The number of nitrogens with two attached hydrogens (primary N) is 1. The van der Waals surface area contributed by atoms with Crippen molar-refractivity contribution < 1.29 is 4.79 Å². The number of carbonyl (C=O) groups is 1. The molecule has 1 aliphatic rings. The van der Waals surface area contributed by atoms with Crippen LogP contribution >= 0.6 is 11.3 Å². The maximum atomic E-state index is 12.2. The number of aromatic nitrogens is 1. The van der Waals surface area contributed by atoms with Gasteiger partial charge in [0.25, 0.3) is 5.91 Å². The largest absolute Gasteiger partial charge is 0.375 e. The number of hydrogen-bond acceptors (Lipinski definition) is 5. The molecule has 0 unspecified atom stereocenters.